The Bertz CT molecular complexity index is 1390. The van der Waals surface area contributed by atoms with Crippen molar-refractivity contribution >= 4 is 28.4 Å². The first-order valence-corrected chi connectivity index (χ1v) is 11.6. The predicted molar refractivity (Wildman–Crippen MR) is 127 cm³/mol. The van der Waals surface area contributed by atoms with Crippen molar-refractivity contribution in [2.24, 2.45) is 0 Å². The van der Waals surface area contributed by atoms with Gasteiger partial charge in [-0.2, -0.15) is 9.61 Å². The normalized spacial score (nSPS) is 24.1. The molecule has 6 rings (SSSR count). The number of nitrogens with zero attached hydrogens (tertiary/aromatic N) is 5. The summed E-state index contributed by atoms with van der Waals surface area (Å²) in [5.74, 6) is 0.516. The van der Waals surface area contributed by atoms with Crippen molar-refractivity contribution in [3.8, 4) is 11.3 Å². The number of hydrogen-bond donors (Lipinski definition) is 3. The smallest absolute Gasteiger partial charge is 0.257 e. The van der Waals surface area contributed by atoms with Crippen LogP contribution in [0.5, 0.6) is 0 Å². The molecular formula is C24H27N7O3. The number of nitrogens with one attached hydrogen (secondary N) is 2. The van der Waals surface area contributed by atoms with Gasteiger partial charge in [-0.1, -0.05) is 0 Å². The Hall–Kier alpha value is -3.50. The van der Waals surface area contributed by atoms with E-state index in [0.717, 1.165) is 41.0 Å². The minimum absolute atomic E-state index is 0.00119. The number of methoxy groups -OCH3 is 1. The highest BCUT2D eigenvalue weighted by Gasteiger charge is 2.33. The van der Waals surface area contributed by atoms with Gasteiger partial charge in [0.15, 0.2) is 5.65 Å². The molecule has 34 heavy (non-hydrogen) atoms. The number of rotatable bonds is 6. The van der Waals surface area contributed by atoms with Crippen LogP contribution in [0, 0.1) is 0 Å². The van der Waals surface area contributed by atoms with Crippen LogP contribution in [0.25, 0.3) is 27.9 Å². The van der Waals surface area contributed by atoms with Crippen LogP contribution in [0.4, 0.5) is 5.82 Å². The number of hydrogen-bond acceptors (Lipinski definition) is 7. The summed E-state index contributed by atoms with van der Waals surface area (Å²) in [4.78, 5) is 22.6. The number of carbonyl (C=O) groups is 1. The molecule has 4 aromatic rings. The second-order valence-corrected chi connectivity index (χ2v) is 9.11. The Morgan fingerprint density at radius 3 is 2.82 bits per heavy atom. The molecule has 4 heterocycles. The average molecular weight is 462 g/mol. The zero-order valence-corrected chi connectivity index (χ0v) is 19.1. The number of ether oxygens (including phenoxy) is 1. The number of fused-ring (bicyclic) bond motifs is 2. The minimum Gasteiger partial charge on any atom is -0.393 e. The van der Waals surface area contributed by atoms with E-state index in [2.05, 4.69) is 31.5 Å². The van der Waals surface area contributed by atoms with E-state index in [1.165, 1.54) is 0 Å². The van der Waals surface area contributed by atoms with Crippen molar-refractivity contribution in [3.05, 3.63) is 42.4 Å². The fraction of sp³-hybridized carbons (Fsp3) is 0.417. The van der Waals surface area contributed by atoms with Crippen LogP contribution >= 0.6 is 0 Å². The summed E-state index contributed by atoms with van der Waals surface area (Å²) in [6, 6.07) is 6.07. The summed E-state index contributed by atoms with van der Waals surface area (Å²) in [7, 11) is 3.49. The van der Waals surface area contributed by atoms with Gasteiger partial charge in [0.1, 0.15) is 17.0 Å². The molecular weight excluding hydrogens is 434 g/mol. The van der Waals surface area contributed by atoms with E-state index in [9.17, 15) is 9.90 Å². The van der Waals surface area contributed by atoms with E-state index >= 15 is 0 Å². The standard InChI is InChI=1S/C24H27N7O3/c1-25-21-10-19(17-12-30(13-8-14(32)9-13)22-15(17)4-3-7-26-22)28-23-16(11-27-31(21)23)24(33)29-18-5-6-20(18)34-2/h3-4,7,10-14,18,20,25,32H,5-6,8-9H2,1-2H3,(H,29,33)/t13?,14?,18-,20-/m1/s1. The Morgan fingerprint density at radius 1 is 1.26 bits per heavy atom. The number of aromatic nitrogens is 5. The third-order valence-corrected chi connectivity index (χ3v) is 7.15. The second kappa shape index (κ2) is 8.07. The van der Waals surface area contributed by atoms with Crippen LogP contribution in [-0.4, -0.2) is 67.6 Å². The maximum Gasteiger partial charge on any atom is 0.257 e. The van der Waals surface area contributed by atoms with Crippen LogP contribution in [0.15, 0.2) is 36.8 Å². The van der Waals surface area contributed by atoms with Gasteiger partial charge in [0.2, 0.25) is 0 Å². The highest BCUT2D eigenvalue weighted by atomic mass is 16.5. The summed E-state index contributed by atoms with van der Waals surface area (Å²) in [6.45, 7) is 0. The molecule has 0 spiro atoms. The molecule has 2 aliphatic carbocycles. The van der Waals surface area contributed by atoms with E-state index in [0.29, 0.717) is 24.1 Å². The molecule has 0 aromatic carbocycles. The molecule has 0 aliphatic heterocycles. The van der Waals surface area contributed by atoms with Crippen molar-refractivity contribution in [2.45, 2.75) is 50.0 Å². The number of amides is 1. The van der Waals surface area contributed by atoms with E-state index in [4.69, 9.17) is 9.72 Å². The highest BCUT2D eigenvalue weighted by Crippen LogP contribution is 2.38. The summed E-state index contributed by atoms with van der Waals surface area (Å²) >= 11 is 0. The Balaban J connectivity index is 1.44. The van der Waals surface area contributed by atoms with Gasteiger partial charge in [0.05, 0.1) is 30.1 Å². The lowest BCUT2D eigenvalue weighted by molar-refractivity contribution is 0.00732. The summed E-state index contributed by atoms with van der Waals surface area (Å²) < 4.78 is 9.19. The lowest BCUT2D eigenvalue weighted by atomic mass is 9.89. The van der Waals surface area contributed by atoms with E-state index in [1.807, 2.05) is 25.2 Å². The van der Waals surface area contributed by atoms with Crippen molar-refractivity contribution < 1.29 is 14.6 Å². The monoisotopic (exact) mass is 461 g/mol. The van der Waals surface area contributed by atoms with Gasteiger partial charge in [0.25, 0.3) is 5.91 Å². The van der Waals surface area contributed by atoms with Crippen LogP contribution in [0.1, 0.15) is 42.1 Å². The number of aliphatic hydroxyl groups is 1. The summed E-state index contributed by atoms with van der Waals surface area (Å²) in [6.07, 6.45) is 8.44. The van der Waals surface area contributed by atoms with E-state index < -0.39 is 0 Å². The first-order chi connectivity index (χ1) is 16.6. The topological polar surface area (TPSA) is 119 Å². The largest absolute Gasteiger partial charge is 0.393 e. The molecule has 0 unspecified atom stereocenters. The van der Waals surface area contributed by atoms with Crippen LogP contribution in [-0.2, 0) is 4.74 Å². The maximum absolute atomic E-state index is 13.1. The van der Waals surface area contributed by atoms with Crippen LogP contribution in [0.2, 0.25) is 0 Å². The predicted octanol–water partition coefficient (Wildman–Crippen LogP) is 2.39. The molecule has 10 nitrogen and oxygen atoms in total. The average Bonchev–Trinajstić information content (AvgIpc) is 3.41. The molecule has 2 aliphatic rings. The molecule has 10 heteroatoms. The van der Waals surface area contributed by atoms with Crippen molar-refractivity contribution in [1.82, 2.24) is 29.5 Å². The third kappa shape index (κ3) is 3.24. The Kier molecular flexibility index (Phi) is 5.00. The SMILES string of the molecule is CNc1cc(-c2cn(C3CC(O)C3)c3ncccc23)nc2c(C(=O)N[C@@H]3CC[C@H]3OC)cnn12. The van der Waals surface area contributed by atoms with Gasteiger partial charge < -0.3 is 25.0 Å². The van der Waals surface area contributed by atoms with Gasteiger partial charge in [0, 0.05) is 49.6 Å². The fourth-order valence-electron chi connectivity index (χ4n) is 4.95. The maximum atomic E-state index is 13.1. The number of anilines is 1. The van der Waals surface area contributed by atoms with Crippen LogP contribution in [0.3, 0.4) is 0 Å². The first-order valence-electron chi connectivity index (χ1n) is 11.6. The molecule has 2 fully saturated rings. The number of aliphatic hydroxyl groups excluding tert-OH is 1. The number of carbonyl (C=O) groups excluding carboxylic acids is 1. The Labute approximate surface area is 196 Å². The first kappa shape index (κ1) is 21.1. The third-order valence-electron chi connectivity index (χ3n) is 7.15. The lowest BCUT2D eigenvalue weighted by Crippen LogP contribution is -2.51. The van der Waals surface area contributed by atoms with Gasteiger partial charge in [-0.15, -0.1) is 0 Å². The molecule has 3 N–H and O–H groups in total. The molecule has 2 saturated carbocycles. The van der Waals surface area contributed by atoms with Crippen molar-refractivity contribution in [1.29, 1.82) is 0 Å². The zero-order chi connectivity index (χ0) is 23.4. The van der Waals surface area contributed by atoms with Gasteiger partial charge in [-0.3, -0.25) is 4.79 Å². The van der Waals surface area contributed by atoms with Crippen LogP contribution < -0.4 is 10.6 Å². The summed E-state index contributed by atoms with van der Waals surface area (Å²) in [5, 5.41) is 21.5. The number of pyridine rings is 1. The highest BCUT2D eigenvalue weighted by molar-refractivity contribution is 6.01. The molecule has 0 radical (unpaired) electrons. The van der Waals surface area contributed by atoms with Gasteiger partial charge in [-0.25, -0.2) is 9.97 Å². The molecule has 176 valence electrons. The van der Waals surface area contributed by atoms with Gasteiger partial charge in [-0.05, 0) is 37.8 Å². The van der Waals surface area contributed by atoms with E-state index in [-0.39, 0.29) is 30.2 Å². The molecule has 1 amide bonds. The second-order valence-electron chi connectivity index (χ2n) is 9.11. The van der Waals surface area contributed by atoms with E-state index in [1.54, 1.807) is 24.0 Å². The molecule has 4 aromatic heterocycles. The zero-order valence-electron chi connectivity index (χ0n) is 19.1. The molecule has 0 saturated heterocycles. The van der Waals surface area contributed by atoms with Crippen molar-refractivity contribution in [2.75, 3.05) is 19.5 Å². The van der Waals surface area contributed by atoms with Crippen molar-refractivity contribution in [3.63, 3.8) is 0 Å². The molecule has 2 atom stereocenters. The fourth-order valence-corrected chi connectivity index (χ4v) is 4.95. The quantitative estimate of drug-likeness (QED) is 0.403. The lowest BCUT2D eigenvalue weighted by Gasteiger charge is -2.35. The Morgan fingerprint density at radius 2 is 2.12 bits per heavy atom. The molecule has 0 bridgehead atoms. The van der Waals surface area contributed by atoms with Gasteiger partial charge >= 0.3 is 0 Å². The minimum atomic E-state index is -0.263. The summed E-state index contributed by atoms with van der Waals surface area (Å²) in [5.41, 5.74) is 3.42.